The molecule has 0 aliphatic heterocycles. The second kappa shape index (κ2) is 8.85. The molecule has 0 aromatic carbocycles. The Kier molecular flexibility index (Phi) is 16.4. The van der Waals surface area contributed by atoms with Gasteiger partial charge in [-0.25, -0.2) is 0 Å². The van der Waals surface area contributed by atoms with E-state index in [-0.39, 0.29) is 41.7 Å². The Morgan fingerprint density at radius 3 is 1.20 bits per heavy atom. The zero-order valence-corrected chi connectivity index (χ0v) is 6.21. The quantitative estimate of drug-likeness (QED) is 0.553. The summed E-state index contributed by atoms with van der Waals surface area (Å²) in [4.78, 5) is 0. The molecule has 0 amide bonds. The number of rotatable bonds is 1. The predicted octanol–water partition coefficient (Wildman–Crippen LogP) is 1.36. The van der Waals surface area contributed by atoms with Crippen molar-refractivity contribution in [3.8, 4) is 0 Å². The van der Waals surface area contributed by atoms with Crippen molar-refractivity contribution in [2.75, 3.05) is 0 Å². The second-order valence-corrected chi connectivity index (χ2v) is 0.471. The van der Waals surface area contributed by atoms with E-state index >= 15 is 0 Å². The average Bonchev–Trinajstić information content (AvgIpc) is 1.37. The van der Waals surface area contributed by atoms with Gasteiger partial charge in [0.25, 0.3) is 0 Å². The molecule has 0 bridgehead atoms. The summed E-state index contributed by atoms with van der Waals surface area (Å²) in [6, 6.07) is 0. The maximum absolute atomic E-state index is 3.36. The Bertz CT molecular complexity index is 24.6. The van der Waals surface area contributed by atoms with Gasteiger partial charge in [0.2, 0.25) is 0 Å². The van der Waals surface area contributed by atoms with Crippen molar-refractivity contribution in [2.45, 2.75) is 0 Å². The molecule has 0 N–H and O–H groups in total. The van der Waals surface area contributed by atoms with Gasteiger partial charge in [-0.15, -0.1) is 0 Å². The van der Waals surface area contributed by atoms with Crippen molar-refractivity contribution < 1.29 is 41.7 Å². The molecule has 0 nitrogen and oxygen atoms in total. The predicted molar refractivity (Wildman–Crippen MR) is 20.4 cm³/mol. The Balaban J connectivity index is 0. The van der Waals surface area contributed by atoms with Gasteiger partial charge >= 0.3 is 0 Å². The minimum absolute atomic E-state index is 0. The van der Waals surface area contributed by atoms with Gasteiger partial charge in [-0.05, 0) is 0 Å². The molecule has 0 atom stereocenters. The Morgan fingerprint density at radius 2 is 1.20 bits per heavy atom. The maximum Gasteiger partial charge on any atom is 0 e. The zero-order valence-electron chi connectivity index (χ0n) is 3.07. The topological polar surface area (TPSA) is 0 Å². The molecule has 0 spiro atoms. The summed E-state index contributed by atoms with van der Waals surface area (Å²) in [5.41, 5.74) is 0. The summed E-state index contributed by atoms with van der Waals surface area (Å²) in [7, 11) is 0. The summed E-state index contributed by atoms with van der Waals surface area (Å²) in [6.45, 7) is 6.72. The molecule has 0 saturated heterocycles. The van der Waals surface area contributed by atoms with Crippen molar-refractivity contribution in [2.24, 2.45) is 0 Å². The first-order chi connectivity index (χ1) is 1.91. The molecule has 0 saturated carbocycles. The molecule has 1 heteroatoms. The van der Waals surface area contributed by atoms with E-state index in [1.165, 1.54) is 0 Å². The first-order valence-corrected chi connectivity index (χ1v) is 1.15. The van der Waals surface area contributed by atoms with Gasteiger partial charge < -0.3 is 0 Å². The van der Waals surface area contributed by atoms with Crippen molar-refractivity contribution in [1.82, 2.24) is 0 Å². The third kappa shape index (κ3) is 11.5. The van der Waals surface area contributed by atoms with Crippen LogP contribution in [-0.4, -0.2) is 0 Å². The fourth-order valence-corrected chi connectivity index (χ4v) is 0. The molecule has 0 unspecified atom stereocenters. The van der Waals surface area contributed by atoms with Gasteiger partial charge in [0, 0.05) is 41.7 Å². The number of hydrogen-bond donors (Lipinski definition) is 0. The molecule has 0 rings (SSSR count). The van der Waals surface area contributed by atoms with Crippen LogP contribution in [0.5, 0.6) is 0 Å². The van der Waals surface area contributed by atoms with Crippen LogP contribution >= 0.6 is 0 Å². The summed E-state index contributed by atoms with van der Waals surface area (Å²) in [6.07, 6.45) is 3.28. The monoisotopic (exact) mass is 194 g/mol. The van der Waals surface area contributed by atoms with E-state index in [2.05, 4.69) is 13.2 Å². The summed E-state index contributed by atoms with van der Waals surface area (Å²) in [5.74, 6) is 0. The van der Waals surface area contributed by atoms with Crippen molar-refractivity contribution in [3.05, 3.63) is 25.3 Å². The van der Waals surface area contributed by atoms with Gasteiger partial charge in [-0.3, -0.25) is 0 Å². The molecule has 0 aromatic heterocycles. The zero-order chi connectivity index (χ0) is 3.41. The van der Waals surface area contributed by atoms with Crippen LogP contribution < -0.4 is 0 Å². The van der Waals surface area contributed by atoms with E-state index in [0.717, 1.165) is 0 Å². The van der Waals surface area contributed by atoms with Gasteiger partial charge in [-0.2, -0.15) is 0 Å². The van der Waals surface area contributed by atoms with Crippen LogP contribution in [0.1, 0.15) is 0 Å². The first kappa shape index (κ1) is 9.29. The molecule has 26 valence electrons. The Labute approximate surface area is 66.3 Å². The van der Waals surface area contributed by atoms with Crippen LogP contribution in [0.2, 0.25) is 0 Å². The average molecular weight is 194 g/mol. The fraction of sp³-hybridized carbons (Fsp3) is 0. The van der Waals surface area contributed by atoms with Crippen LogP contribution in [0.25, 0.3) is 0 Å². The van der Waals surface area contributed by atoms with Gasteiger partial charge in [0.15, 0.2) is 0 Å². The molecule has 0 aliphatic carbocycles. The van der Waals surface area contributed by atoms with E-state index in [1.807, 2.05) is 0 Å². The van der Waals surface area contributed by atoms with Crippen LogP contribution in [0, 0.1) is 41.7 Å². The third-order valence-corrected chi connectivity index (χ3v) is 0.167. The molecule has 0 heterocycles. The van der Waals surface area contributed by atoms with Crippen LogP contribution in [-0.2, 0) is 0 Å². The minimum atomic E-state index is 0. The van der Waals surface area contributed by atoms with Gasteiger partial charge in [0.05, 0.1) is 0 Å². The van der Waals surface area contributed by atoms with Crippen LogP contribution in [0.15, 0.2) is 25.3 Å². The second-order valence-electron chi connectivity index (χ2n) is 0.471. The van der Waals surface area contributed by atoms with E-state index in [1.54, 1.807) is 12.2 Å². The molecular formula is C4H6Ce. The summed E-state index contributed by atoms with van der Waals surface area (Å²) < 4.78 is 0. The summed E-state index contributed by atoms with van der Waals surface area (Å²) >= 11 is 0. The first-order valence-electron chi connectivity index (χ1n) is 1.15. The number of allylic oxidation sites excluding steroid dienone is 2. The van der Waals surface area contributed by atoms with Crippen LogP contribution in [0.4, 0.5) is 0 Å². The summed E-state index contributed by atoms with van der Waals surface area (Å²) in [5, 5.41) is 0. The SMILES string of the molecule is C=CC=C.[Ce]. The smallest absolute Gasteiger partial charge is 0 e. The Hall–Kier alpha value is 0.857. The van der Waals surface area contributed by atoms with Gasteiger partial charge in [0.1, 0.15) is 0 Å². The third-order valence-electron chi connectivity index (χ3n) is 0.167. The molecule has 5 heavy (non-hydrogen) atoms. The standard InChI is InChI=1S/C4H6.Ce/c1-3-4-2;/h3-4H,1-2H2;. The largest absolute Gasteiger partial charge is 0.0991 e. The van der Waals surface area contributed by atoms with Crippen molar-refractivity contribution >= 4 is 0 Å². The van der Waals surface area contributed by atoms with Crippen LogP contribution in [0.3, 0.4) is 0 Å². The van der Waals surface area contributed by atoms with E-state index in [0.29, 0.717) is 0 Å². The fourth-order valence-electron chi connectivity index (χ4n) is 0. The number of hydrogen-bond acceptors (Lipinski definition) is 0. The minimum Gasteiger partial charge on any atom is -0.0991 e. The molecule has 0 aromatic rings. The molecule has 0 radical (unpaired) electrons. The van der Waals surface area contributed by atoms with Crippen molar-refractivity contribution in [1.29, 1.82) is 0 Å². The normalized spacial score (nSPS) is 4.00. The van der Waals surface area contributed by atoms with E-state index in [4.69, 9.17) is 0 Å². The van der Waals surface area contributed by atoms with Gasteiger partial charge in [-0.1, -0.05) is 25.3 Å². The maximum atomic E-state index is 3.36. The molecule has 0 aliphatic rings. The van der Waals surface area contributed by atoms with E-state index < -0.39 is 0 Å². The Morgan fingerprint density at radius 1 is 1.00 bits per heavy atom. The molecular weight excluding hydrogens is 188 g/mol. The molecule has 0 fully saturated rings. The van der Waals surface area contributed by atoms with E-state index in [9.17, 15) is 0 Å². The van der Waals surface area contributed by atoms with Crippen molar-refractivity contribution in [3.63, 3.8) is 0 Å².